The molecule has 0 atom stereocenters. The molecular weight excluding hydrogens is 755 g/mol. The Morgan fingerprint density at radius 1 is 0.274 bits per heavy atom. The highest BCUT2D eigenvalue weighted by Gasteiger charge is 2.23. The predicted molar refractivity (Wildman–Crippen MR) is 256 cm³/mol. The minimum absolute atomic E-state index is 0.544. The fourth-order valence-corrected chi connectivity index (χ4v) is 9.16. The van der Waals surface area contributed by atoms with Gasteiger partial charge in [-0.05, 0) is 76.3 Å². The Bertz CT molecular complexity index is 3570. The van der Waals surface area contributed by atoms with E-state index in [2.05, 4.69) is 228 Å². The van der Waals surface area contributed by atoms with Crippen molar-refractivity contribution in [2.75, 3.05) is 0 Å². The van der Waals surface area contributed by atoms with Crippen LogP contribution < -0.4 is 0 Å². The smallest absolute Gasteiger partial charge is 0.238 e. The summed E-state index contributed by atoms with van der Waals surface area (Å²) in [6, 6.07) is 79.2. The van der Waals surface area contributed by atoms with Crippen molar-refractivity contribution in [2.45, 2.75) is 0 Å². The Balaban J connectivity index is 1.18. The maximum Gasteiger partial charge on any atom is 0.238 e. The van der Waals surface area contributed by atoms with Crippen LogP contribution in [-0.4, -0.2) is 24.1 Å². The topological polar surface area (TPSA) is 48.5 Å². The summed E-state index contributed by atoms with van der Waals surface area (Å²) in [5.41, 5.74) is 13.8. The molecule has 0 N–H and O–H groups in total. The number of para-hydroxylation sites is 4. The SMILES string of the molecule is c1ccc(-c2cccc(-c3nc(-c4ccccc4-n4c5ccccc5c5ccccc54)nc(-n4c5ccccc5c5cc(-c6ccccc6)cc(-c6ccccc6)c54)n3)c2)cc1. The molecule has 3 aromatic heterocycles. The Hall–Kier alpha value is -8.41. The molecule has 0 radical (unpaired) electrons. The summed E-state index contributed by atoms with van der Waals surface area (Å²) in [4.78, 5) is 16.4. The zero-order chi connectivity index (χ0) is 41.0. The van der Waals surface area contributed by atoms with Crippen LogP contribution in [0.5, 0.6) is 0 Å². The lowest BCUT2D eigenvalue weighted by Gasteiger charge is -2.16. The van der Waals surface area contributed by atoms with Crippen LogP contribution >= 0.6 is 0 Å². The molecule has 0 aliphatic carbocycles. The molecule has 0 unspecified atom stereocenters. The van der Waals surface area contributed by atoms with Crippen LogP contribution in [0.3, 0.4) is 0 Å². The lowest BCUT2D eigenvalue weighted by atomic mass is 9.95. The Morgan fingerprint density at radius 3 is 1.42 bits per heavy atom. The van der Waals surface area contributed by atoms with Gasteiger partial charge in [-0.15, -0.1) is 0 Å². The quantitative estimate of drug-likeness (QED) is 0.162. The summed E-state index contributed by atoms with van der Waals surface area (Å²) < 4.78 is 4.60. The number of nitrogens with zero attached hydrogens (tertiary/aromatic N) is 5. The fraction of sp³-hybridized carbons (Fsp3) is 0. The predicted octanol–water partition coefficient (Wildman–Crippen LogP) is 14.4. The molecule has 9 aromatic carbocycles. The molecule has 62 heavy (non-hydrogen) atoms. The van der Waals surface area contributed by atoms with E-state index in [9.17, 15) is 0 Å². The molecule has 0 fully saturated rings. The summed E-state index contributed by atoms with van der Waals surface area (Å²) >= 11 is 0. The molecule has 12 aromatic rings. The summed E-state index contributed by atoms with van der Waals surface area (Å²) in [7, 11) is 0. The largest absolute Gasteiger partial charge is 0.309 e. The van der Waals surface area contributed by atoms with E-state index >= 15 is 0 Å². The van der Waals surface area contributed by atoms with E-state index in [1.54, 1.807) is 0 Å². The maximum atomic E-state index is 5.53. The van der Waals surface area contributed by atoms with Crippen molar-refractivity contribution in [1.82, 2.24) is 24.1 Å². The van der Waals surface area contributed by atoms with Crippen LogP contribution in [0.25, 0.3) is 111 Å². The third-order valence-electron chi connectivity index (χ3n) is 12.0. The van der Waals surface area contributed by atoms with Gasteiger partial charge >= 0.3 is 0 Å². The van der Waals surface area contributed by atoms with E-state index in [-0.39, 0.29) is 0 Å². The van der Waals surface area contributed by atoms with Gasteiger partial charge in [0, 0.05) is 38.2 Å². The molecule has 5 heteroatoms. The first-order valence-corrected chi connectivity index (χ1v) is 21.0. The zero-order valence-electron chi connectivity index (χ0n) is 33.6. The summed E-state index contributed by atoms with van der Waals surface area (Å²) in [5, 5.41) is 4.64. The van der Waals surface area contributed by atoms with Gasteiger partial charge in [0.15, 0.2) is 11.6 Å². The van der Waals surface area contributed by atoms with Gasteiger partial charge in [-0.3, -0.25) is 4.57 Å². The van der Waals surface area contributed by atoms with Gasteiger partial charge in [0.1, 0.15) is 0 Å². The molecule has 12 rings (SSSR count). The number of fused-ring (bicyclic) bond motifs is 6. The first-order chi connectivity index (χ1) is 30.8. The van der Waals surface area contributed by atoms with Crippen molar-refractivity contribution in [2.24, 2.45) is 0 Å². The molecule has 0 amide bonds. The van der Waals surface area contributed by atoms with Gasteiger partial charge in [-0.25, -0.2) is 4.98 Å². The first-order valence-electron chi connectivity index (χ1n) is 21.0. The molecule has 0 aliphatic rings. The van der Waals surface area contributed by atoms with Gasteiger partial charge in [0.05, 0.1) is 27.8 Å². The van der Waals surface area contributed by atoms with Crippen molar-refractivity contribution >= 4 is 43.6 Å². The van der Waals surface area contributed by atoms with E-state index < -0.39 is 0 Å². The third-order valence-corrected chi connectivity index (χ3v) is 12.0. The molecule has 290 valence electrons. The molecule has 0 aliphatic heterocycles. The van der Waals surface area contributed by atoms with Crippen LogP contribution in [0.4, 0.5) is 0 Å². The number of hydrogen-bond acceptors (Lipinski definition) is 3. The molecule has 5 nitrogen and oxygen atoms in total. The van der Waals surface area contributed by atoms with Crippen molar-refractivity contribution in [3.8, 4) is 67.8 Å². The van der Waals surface area contributed by atoms with Gasteiger partial charge < -0.3 is 4.57 Å². The zero-order valence-corrected chi connectivity index (χ0v) is 33.6. The lowest BCUT2D eigenvalue weighted by Crippen LogP contribution is -2.08. The summed E-state index contributed by atoms with van der Waals surface area (Å²) in [5.74, 6) is 1.72. The summed E-state index contributed by atoms with van der Waals surface area (Å²) in [6.45, 7) is 0. The van der Waals surface area contributed by atoms with Crippen molar-refractivity contribution in [3.63, 3.8) is 0 Å². The molecule has 3 heterocycles. The van der Waals surface area contributed by atoms with E-state index in [1.165, 1.54) is 10.8 Å². The van der Waals surface area contributed by atoms with E-state index in [0.29, 0.717) is 17.6 Å². The normalized spacial score (nSPS) is 11.5. The van der Waals surface area contributed by atoms with Crippen molar-refractivity contribution < 1.29 is 0 Å². The molecule has 0 spiro atoms. The molecule has 0 saturated heterocycles. The van der Waals surface area contributed by atoms with Gasteiger partial charge in [-0.2, -0.15) is 9.97 Å². The number of benzene rings is 9. The number of hydrogen-bond donors (Lipinski definition) is 0. The van der Waals surface area contributed by atoms with Gasteiger partial charge in [0.25, 0.3) is 0 Å². The number of aromatic nitrogens is 5. The van der Waals surface area contributed by atoms with E-state index in [1.807, 2.05) is 6.07 Å². The Kier molecular flexibility index (Phi) is 8.42. The average Bonchev–Trinajstić information content (AvgIpc) is 3.87. The third kappa shape index (κ3) is 5.90. The number of rotatable bonds is 7. The van der Waals surface area contributed by atoms with Gasteiger partial charge in [-0.1, -0.05) is 176 Å². The molecule has 0 bridgehead atoms. The standard InChI is InChI=1S/C57H37N5/c1-4-19-38(20-5-1)41-25-18-26-42(35-41)55-58-56(47-30-13-17-34-53(47)61-50-31-14-10-27-44(50)45-28-11-15-32-51(45)61)60-57(59-55)62-52-33-16-12-29-46(52)49-37-43(39-21-6-2-7-22-39)36-48(54(49)62)40-23-8-3-9-24-40/h1-37H. The highest BCUT2D eigenvalue weighted by Crippen LogP contribution is 2.42. The summed E-state index contributed by atoms with van der Waals surface area (Å²) in [6.07, 6.45) is 0. The second-order valence-corrected chi connectivity index (χ2v) is 15.6. The van der Waals surface area contributed by atoms with Crippen LogP contribution in [0.1, 0.15) is 0 Å². The van der Waals surface area contributed by atoms with E-state index in [4.69, 9.17) is 15.0 Å². The molecule has 0 saturated carbocycles. The second-order valence-electron chi connectivity index (χ2n) is 15.6. The highest BCUT2D eigenvalue weighted by atomic mass is 15.2. The van der Waals surface area contributed by atoms with Gasteiger partial charge in [0.2, 0.25) is 5.95 Å². The lowest BCUT2D eigenvalue weighted by molar-refractivity contribution is 0.952. The monoisotopic (exact) mass is 791 g/mol. The fourth-order valence-electron chi connectivity index (χ4n) is 9.16. The minimum Gasteiger partial charge on any atom is -0.309 e. The Labute approximate surface area is 358 Å². The Morgan fingerprint density at radius 2 is 0.758 bits per heavy atom. The first kappa shape index (κ1) is 35.5. The molecular formula is C57H37N5. The van der Waals surface area contributed by atoms with E-state index in [0.717, 1.165) is 83.0 Å². The minimum atomic E-state index is 0.544. The second kappa shape index (κ2) is 14.7. The van der Waals surface area contributed by atoms with Crippen LogP contribution in [0, 0.1) is 0 Å². The van der Waals surface area contributed by atoms with Crippen LogP contribution in [0.15, 0.2) is 224 Å². The van der Waals surface area contributed by atoms with Crippen LogP contribution in [0.2, 0.25) is 0 Å². The average molecular weight is 792 g/mol. The highest BCUT2D eigenvalue weighted by molar-refractivity contribution is 6.15. The van der Waals surface area contributed by atoms with Crippen LogP contribution in [-0.2, 0) is 0 Å². The van der Waals surface area contributed by atoms with Crippen molar-refractivity contribution in [3.05, 3.63) is 224 Å². The maximum absolute atomic E-state index is 5.53. The van der Waals surface area contributed by atoms with Crippen molar-refractivity contribution in [1.29, 1.82) is 0 Å².